The predicted molar refractivity (Wildman–Crippen MR) is 79.3 cm³/mol. The summed E-state index contributed by atoms with van der Waals surface area (Å²) < 4.78 is 5.60. The minimum absolute atomic E-state index is 0.445. The second-order valence-corrected chi connectivity index (χ2v) is 4.76. The number of carbonyl (C=O) groups is 2. The van der Waals surface area contributed by atoms with E-state index < -0.39 is 5.91 Å². The van der Waals surface area contributed by atoms with Crippen LogP contribution in [0, 0.1) is 0 Å². The second-order valence-electron chi connectivity index (χ2n) is 4.76. The van der Waals surface area contributed by atoms with Gasteiger partial charge in [-0.3, -0.25) is 9.59 Å². The van der Waals surface area contributed by atoms with E-state index in [4.69, 9.17) is 10.5 Å². The highest BCUT2D eigenvalue weighted by molar-refractivity contribution is 5.93. The standard InChI is InChI=1S/C16H14N2O3/c17-16(20)12-2-4-13(5-3-12)18-7-8-21-15-9-11(10-19)1-6-14(15)18/h1-6,9-10H,7-8H2,(H2,17,20). The van der Waals surface area contributed by atoms with Crippen LogP contribution in [0.3, 0.4) is 0 Å². The number of hydrogen-bond donors (Lipinski definition) is 1. The Morgan fingerprint density at radius 3 is 2.62 bits per heavy atom. The quantitative estimate of drug-likeness (QED) is 0.875. The first-order valence-corrected chi connectivity index (χ1v) is 6.58. The highest BCUT2D eigenvalue weighted by Crippen LogP contribution is 2.36. The van der Waals surface area contributed by atoms with Gasteiger partial charge in [-0.15, -0.1) is 0 Å². The summed E-state index contributed by atoms with van der Waals surface area (Å²) >= 11 is 0. The Hall–Kier alpha value is -2.82. The van der Waals surface area contributed by atoms with E-state index in [1.165, 1.54) is 0 Å². The molecule has 1 aliphatic heterocycles. The molecule has 21 heavy (non-hydrogen) atoms. The number of amides is 1. The zero-order chi connectivity index (χ0) is 14.8. The molecule has 0 aliphatic carbocycles. The van der Waals surface area contributed by atoms with Crippen molar-refractivity contribution < 1.29 is 14.3 Å². The molecule has 0 radical (unpaired) electrons. The Morgan fingerprint density at radius 1 is 1.19 bits per heavy atom. The van der Waals surface area contributed by atoms with E-state index in [-0.39, 0.29) is 0 Å². The molecule has 5 nitrogen and oxygen atoms in total. The molecule has 0 saturated heterocycles. The van der Waals surface area contributed by atoms with Crippen LogP contribution in [0.15, 0.2) is 42.5 Å². The summed E-state index contributed by atoms with van der Waals surface area (Å²) in [4.78, 5) is 24.0. The van der Waals surface area contributed by atoms with Gasteiger partial charge in [-0.2, -0.15) is 0 Å². The zero-order valence-electron chi connectivity index (χ0n) is 11.3. The van der Waals surface area contributed by atoms with E-state index in [2.05, 4.69) is 4.90 Å². The third-order valence-corrected chi connectivity index (χ3v) is 3.45. The van der Waals surface area contributed by atoms with E-state index in [0.717, 1.165) is 17.7 Å². The number of nitrogens with zero attached hydrogens (tertiary/aromatic N) is 1. The van der Waals surface area contributed by atoms with Crippen molar-refractivity contribution in [2.45, 2.75) is 0 Å². The Bertz CT molecular complexity index is 695. The molecule has 0 bridgehead atoms. The molecule has 1 amide bonds. The first-order chi connectivity index (χ1) is 10.2. The first-order valence-electron chi connectivity index (χ1n) is 6.58. The maximum absolute atomic E-state index is 11.1. The van der Waals surface area contributed by atoms with Crippen molar-refractivity contribution in [1.29, 1.82) is 0 Å². The van der Waals surface area contributed by atoms with E-state index in [9.17, 15) is 9.59 Å². The molecule has 1 heterocycles. The molecule has 0 atom stereocenters. The lowest BCUT2D eigenvalue weighted by Gasteiger charge is -2.31. The van der Waals surface area contributed by atoms with Crippen LogP contribution in [-0.4, -0.2) is 25.3 Å². The van der Waals surface area contributed by atoms with Crippen molar-refractivity contribution in [1.82, 2.24) is 0 Å². The maximum atomic E-state index is 11.1. The largest absolute Gasteiger partial charge is 0.490 e. The van der Waals surface area contributed by atoms with Crippen molar-refractivity contribution in [2.24, 2.45) is 5.73 Å². The number of anilines is 2. The van der Waals surface area contributed by atoms with Gasteiger partial charge < -0.3 is 15.4 Å². The number of fused-ring (bicyclic) bond motifs is 1. The van der Waals surface area contributed by atoms with Gasteiger partial charge in [-0.1, -0.05) is 0 Å². The fourth-order valence-corrected chi connectivity index (χ4v) is 2.38. The molecule has 0 spiro atoms. The van der Waals surface area contributed by atoms with Gasteiger partial charge in [0.05, 0.1) is 12.2 Å². The van der Waals surface area contributed by atoms with Crippen molar-refractivity contribution in [2.75, 3.05) is 18.1 Å². The molecular formula is C16H14N2O3. The highest BCUT2D eigenvalue weighted by atomic mass is 16.5. The van der Waals surface area contributed by atoms with Gasteiger partial charge >= 0.3 is 0 Å². The Labute approximate surface area is 121 Å². The van der Waals surface area contributed by atoms with E-state index in [1.54, 1.807) is 24.3 Å². The van der Waals surface area contributed by atoms with Crippen LogP contribution in [0.4, 0.5) is 11.4 Å². The molecule has 2 aromatic carbocycles. The fourth-order valence-electron chi connectivity index (χ4n) is 2.38. The fraction of sp³-hybridized carbons (Fsp3) is 0.125. The van der Waals surface area contributed by atoms with Gasteiger partial charge in [0.25, 0.3) is 0 Å². The average Bonchev–Trinajstić information content (AvgIpc) is 2.53. The molecule has 2 N–H and O–H groups in total. The smallest absolute Gasteiger partial charge is 0.248 e. The van der Waals surface area contributed by atoms with Gasteiger partial charge in [0.2, 0.25) is 5.91 Å². The molecule has 1 aliphatic rings. The molecule has 0 unspecified atom stereocenters. The molecule has 0 saturated carbocycles. The predicted octanol–water partition coefficient (Wildman–Crippen LogP) is 2.13. The lowest BCUT2D eigenvalue weighted by atomic mass is 10.1. The summed E-state index contributed by atoms with van der Waals surface area (Å²) in [5.41, 5.74) is 8.15. The third-order valence-electron chi connectivity index (χ3n) is 3.45. The van der Waals surface area contributed by atoms with Gasteiger partial charge in [-0.05, 0) is 42.5 Å². The van der Waals surface area contributed by atoms with E-state index >= 15 is 0 Å². The Kier molecular flexibility index (Phi) is 3.31. The molecule has 5 heteroatoms. The van der Waals surface area contributed by atoms with Gasteiger partial charge in [0, 0.05) is 16.8 Å². The Balaban J connectivity index is 1.97. The third kappa shape index (κ3) is 2.45. The van der Waals surface area contributed by atoms with Crippen LogP contribution in [0.5, 0.6) is 5.75 Å². The number of rotatable bonds is 3. The molecule has 0 fully saturated rings. The molecule has 106 valence electrons. The number of aldehydes is 1. The topological polar surface area (TPSA) is 72.6 Å². The van der Waals surface area contributed by atoms with Crippen LogP contribution in [0.25, 0.3) is 0 Å². The minimum Gasteiger partial charge on any atom is -0.490 e. The molecule has 0 aromatic heterocycles. The van der Waals surface area contributed by atoms with Crippen LogP contribution < -0.4 is 15.4 Å². The second kappa shape index (κ2) is 5.28. The monoisotopic (exact) mass is 282 g/mol. The summed E-state index contributed by atoms with van der Waals surface area (Å²) in [6.07, 6.45) is 0.796. The molecular weight excluding hydrogens is 268 g/mol. The zero-order valence-corrected chi connectivity index (χ0v) is 11.3. The minimum atomic E-state index is -0.445. The lowest BCUT2D eigenvalue weighted by molar-refractivity contribution is 0.1000. The Morgan fingerprint density at radius 2 is 1.95 bits per heavy atom. The normalized spacial score (nSPS) is 13.2. The number of ether oxygens (including phenoxy) is 1. The van der Waals surface area contributed by atoms with Crippen LogP contribution in [-0.2, 0) is 0 Å². The first kappa shape index (κ1) is 13.2. The summed E-state index contributed by atoms with van der Waals surface area (Å²) in [6.45, 7) is 1.23. The van der Waals surface area contributed by atoms with Crippen LogP contribution in [0.1, 0.15) is 20.7 Å². The molecule has 2 aromatic rings. The van der Waals surface area contributed by atoms with Crippen molar-refractivity contribution in [3.8, 4) is 5.75 Å². The number of hydrogen-bond acceptors (Lipinski definition) is 4. The van der Waals surface area contributed by atoms with Crippen molar-refractivity contribution in [3.63, 3.8) is 0 Å². The average molecular weight is 282 g/mol. The van der Waals surface area contributed by atoms with E-state index in [1.807, 2.05) is 18.2 Å². The number of primary amides is 1. The van der Waals surface area contributed by atoms with Crippen molar-refractivity contribution in [3.05, 3.63) is 53.6 Å². The number of carbonyl (C=O) groups excluding carboxylic acids is 2. The van der Waals surface area contributed by atoms with Crippen LogP contribution >= 0.6 is 0 Å². The summed E-state index contributed by atoms with van der Waals surface area (Å²) in [6, 6.07) is 12.4. The van der Waals surface area contributed by atoms with E-state index in [0.29, 0.717) is 30.0 Å². The molecule has 3 rings (SSSR count). The van der Waals surface area contributed by atoms with Crippen LogP contribution in [0.2, 0.25) is 0 Å². The number of nitrogens with two attached hydrogens (primary N) is 1. The maximum Gasteiger partial charge on any atom is 0.248 e. The van der Waals surface area contributed by atoms with Gasteiger partial charge in [-0.25, -0.2) is 0 Å². The summed E-state index contributed by atoms with van der Waals surface area (Å²) in [7, 11) is 0. The summed E-state index contributed by atoms with van der Waals surface area (Å²) in [5.74, 6) is 0.240. The van der Waals surface area contributed by atoms with Gasteiger partial charge in [0.15, 0.2) is 0 Å². The SMILES string of the molecule is NC(=O)c1ccc(N2CCOc3cc(C=O)ccc32)cc1. The highest BCUT2D eigenvalue weighted by Gasteiger charge is 2.19. The van der Waals surface area contributed by atoms with Gasteiger partial charge in [0.1, 0.15) is 18.6 Å². The lowest BCUT2D eigenvalue weighted by Crippen LogP contribution is -2.28. The number of benzene rings is 2. The van der Waals surface area contributed by atoms with Crippen molar-refractivity contribution >= 4 is 23.6 Å². The summed E-state index contributed by atoms with van der Waals surface area (Å²) in [5, 5.41) is 0.